The lowest BCUT2D eigenvalue weighted by Gasteiger charge is -2.13. The number of rotatable bonds is 5. The lowest BCUT2D eigenvalue weighted by atomic mass is 10.1. The maximum Gasteiger partial charge on any atom is 0.269 e. The normalized spacial score (nSPS) is 10.1. The Morgan fingerprint density at radius 2 is 1.20 bits per heavy atom. The second-order valence-corrected chi connectivity index (χ2v) is 6.75. The molecule has 3 aromatic rings. The zero-order valence-electron chi connectivity index (χ0n) is 16.7. The molecule has 0 radical (unpaired) electrons. The van der Waals surface area contributed by atoms with Crippen LogP contribution in [0.1, 0.15) is 31.1 Å². The highest BCUT2D eigenvalue weighted by molar-refractivity contribution is 6.04. The molecule has 0 unspecified atom stereocenters. The van der Waals surface area contributed by atoms with Gasteiger partial charge in [0.05, 0.1) is 0 Å². The lowest BCUT2D eigenvalue weighted by Crippen LogP contribution is -2.41. The fourth-order valence-corrected chi connectivity index (χ4v) is 2.68. The van der Waals surface area contributed by atoms with E-state index in [-0.39, 0.29) is 5.91 Å². The first-order valence-electron chi connectivity index (χ1n) is 9.28. The van der Waals surface area contributed by atoms with Gasteiger partial charge < -0.3 is 10.2 Å². The van der Waals surface area contributed by atoms with Crippen LogP contribution in [0.15, 0.2) is 78.9 Å². The van der Waals surface area contributed by atoms with Crippen molar-refractivity contribution in [2.45, 2.75) is 0 Å². The van der Waals surface area contributed by atoms with Crippen molar-refractivity contribution in [1.29, 1.82) is 0 Å². The molecule has 7 heteroatoms. The maximum atomic E-state index is 12.3. The quantitative estimate of drug-likeness (QED) is 0.572. The summed E-state index contributed by atoms with van der Waals surface area (Å²) in [4.78, 5) is 38.6. The Balaban J connectivity index is 1.56. The van der Waals surface area contributed by atoms with Crippen molar-refractivity contribution >= 4 is 29.1 Å². The highest BCUT2D eigenvalue weighted by Crippen LogP contribution is 2.14. The molecule has 30 heavy (non-hydrogen) atoms. The number of hydrogen-bond acceptors (Lipinski definition) is 4. The smallest absolute Gasteiger partial charge is 0.269 e. The summed E-state index contributed by atoms with van der Waals surface area (Å²) in [5, 5.41) is 2.77. The number of amides is 3. The summed E-state index contributed by atoms with van der Waals surface area (Å²) in [6.45, 7) is 0. The van der Waals surface area contributed by atoms with Crippen molar-refractivity contribution in [3.8, 4) is 0 Å². The van der Waals surface area contributed by atoms with E-state index in [1.54, 1.807) is 66.7 Å². The largest absolute Gasteiger partial charge is 0.378 e. The van der Waals surface area contributed by atoms with Gasteiger partial charge in [0.15, 0.2) is 0 Å². The van der Waals surface area contributed by atoms with Crippen LogP contribution in [0.2, 0.25) is 0 Å². The molecule has 0 spiro atoms. The molecule has 0 bridgehead atoms. The van der Waals surface area contributed by atoms with Gasteiger partial charge in [-0.25, -0.2) is 0 Å². The average molecular weight is 402 g/mol. The molecular formula is C23H22N4O3. The number of anilines is 2. The van der Waals surface area contributed by atoms with Crippen molar-refractivity contribution in [2.75, 3.05) is 24.3 Å². The second-order valence-electron chi connectivity index (χ2n) is 6.75. The minimum atomic E-state index is -0.465. The number of nitrogens with one attached hydrogen (secondary N) is 3. The molecule has 152 valence electrons. The highest BCUT2D eigenvalue weighted by atomic mass is 16.2. The number of benzene rings is 3. The van der Waals surface area contributed by atoms with E-state index in [1.807, 2.05) is 31.1 Å². The summed E-state index contributed by atoms with van der Waals surface area (Å²) < 4.78 is 0. The molecule has 3 amide bonds. The van der Waals surface area contributed by atoms with Crippen LogP contribution in [0.4, 0.5) is 11.4 Å². The summed E-state index contributed by atoms with van der Waals surface area (Å²) in [6.07, 6.45) is 0. The van der Waals surface area contributed by atoms with Crippen molar-refractivity contribution in [3.05, 3.63) is 95.6 Å². The van der Waals surface area contributed by atoms with Gasteiger partial charge in [-0.05, 0) is 54.6 Å². The van der Waals surface area contributed by atoms with E-state index in [0.717, 1.165) is 5.69 Å². The van der Waals surface area contributed by atoms with Gasteiger partial charge in [0.25, 0.3) is 17.7 Å². The zero-order valence-corrected chi connectivity index (χ0v) is 16.7. The van der Waals surface area contributed by atoms with Crippen molar-refractivity contribution in [3.63, 3.8) is 0 Å². The minimum Gasteiger partial charge on any atom is -0.378 e. The van der Waals surface area contributed by atoms with Gasteiger partial charge in [-0.1, -0.05) is 24.3 Å². The fourth-order valence-electron chi connectivity index (χ4n) is 2.68. The van der Waals surface area contributed by atoms with Crippen molar-refractivity contribution in [2.24, 2.45) is 0 Å². The van der Waals surface area contributed by atoms with E-state index < -0.39 is 11.8 Å². The van der Waals surface area contributed by atoms with Crippen LogP contribution in [0.25, 0.3) is 0 Å². The monoisotopic (exact) mass is 402 g/mol. The predicted molar refractivity (Wildman–Crippen MR) is 117 cm³/mol. The van der Waals surface area contributed by atoms with Crippen molar-refractivity contribution < 1.29 is 14.4 Å². The molecule has 3 aromatic carbocycles. The van der Waals surface area contributed by atoms with E-state index in [4.69, 9.17) is 0 Å². The van der Waals surface area contributed by atoms with E-state index in [2.05, 4.69) is 16.2 Å². The molecule has 0 fully saturated rings. The molecule has 0 saturated carbocycles. The van der Waals surface area contributed by atoms with Gasteiger partial charge in [0.2, 0.25) is 0 Å². The van der Waals surface area contributed by atoms with E-state index >= 15 is 0 Å². The van der Waals surface area contributed by atoms with Crippen molar-refractivity contribution in [1.82, 2.24) is 10.9 Å². The predicted octanol–water partition coefficient (Wildman–Crippen LogP) is 3.08. The third-order valence-corrected chi connectivity index (χ3v) is 4.36. The first-order valence-corrected chi connectivity index (χ1v) is 9.28. The van der Waals surface area contributed by atoms with Gasteiger partial charge >= 0.3 is 0 Å². The lowest BCUT2D eigenvalue weighted by molar-refractivity contribution is 0.0846. The van der Waals surface area contributed by atoms with Gasteiger partial charge in [-0.15, -0.1) is 0 Å². The molecule has 3 N–H and O–H groups in total. The first kappa shape index (κ1) is 20.6. The minimum absolute atomic E-state index is 0.236. The first-order chi connectivity index (χ1) is 14.4. The highest BCUT2D eigenvalue weighted by Gasteiger charge is 2.11. The molecule has 0 aliphatic heterocycles. The Morgan fingerprint density at radius 3 is 1.83 bits per heavy atom. The van der Waals surface area contributed by atoms with Gasteiger partial charge in [-0.2, -0.15) is 0 Å². The molecule has 0 aliphatic carbocycles. The zero-order chi connectivity index (χ0) is 21.5. The van der Waals surface area contributed by atoms with Crippen LogP contribution in [-0.2, 0) is 0 Å². The van der Waals surface area contributed by atoms with Crippen LogP contribution in [0.5, 0.6) is 0 Å². The molecule has 0 saturated heterocycles. The van der Waals surface area contributed by atoms with Crippen LogP contribution in [0, 0.1) is 0 Å². The van der Waals surface area contributed by atoms with E-state index in [9.17, 15) is 14.4 Å². The van der Waals surface area contributed by atoms with Crippen LogP contribution in [0.3, 0.4) is 0 Å². The van der Waals surface area contributed by atoms with Crippen LogP contribution in [-0.4, -0.2) is 31.8 Å². The Labute approximate surface area is 174 Å². The molecule has 0 aromatic heterocycles. The third kappa shape index (κ3) is 5.23. The van der Waals surface area contributed by atoms with Crippen LogP contribution < -0.4 is 21.1 Å². The fraction of sp³-hybridized carbons (Fsp3) is 0.0870. The molecule has 3 rings (SSSR count). The Kier molecular flexibility index (Phi) is 6.44. The number of nitrogens with zero attached hydrogens (tertiary/aromatic N) is 1. The number of hydrogen-bond donors (Lipinski definition) is 3. The van der Waals surface area contributed by atoms with E-state index in [0.29, 0.717) is 22.4 Å². The average Bonchev–Trinajstić information content (AvgIpc) is 2.78. The Morgan fingerprint density at radius 1 is 0.633 bits per heavy atom. The molecule has 0 heterocycles. The number of hydrazine groups is 1. The third-order valence-electron chi connectivity index (χ3n) is 4.36. The molecule has 7 nitrogen and oxygen atoms in total. The topological polar surface area (TPSA) is 90.5 Å². The summed E-state index contributed by atoms with van der Waals surface area (Å²) in [7, 11) is 3.76. The van der Waals surface area contributed by atoms with Gasteiger partial charge in [-0.3, -0.25) is 25.2 Å². The SMILES string of the molecule is CN(C)c1cccc(C(=O)NNC(=O)c2ccc(NC(=O)c3ccccc3)cc2)c1. The summed E-state index contributed by atoms with van der Waals surface area (Å²) in [5.74, 6) is -1.12. The second kappa shape index (κ2) is 9.38. The number of carbonyl (C=O) groups excluding carboxylic acids is 3. The summed E-state index contributed by atoms with van der Waals surface area (Å²) in [5.41, 5.74) is 7.55. The Hall–Kier alpha value is -4.13. The molecular weight excluding hydrogens is 380 g/mol. The standard InChI is InChI=1S/C23H22N4O3/c1-27(2)20-10-6-9-18(15-20)23(30)26-25-22(29)17-11-13-19(14-12-17)24-21(28)16-7-4-3-5-8-16/h3-15H,1-2H3,(H,24,28)(H,25,29)(H,26,30). The Bertz CT molecular complexity index is 1050. The van der Waals surface area contributed by atoms with Crippen LogP contribution >= 0.6 is 0 Å². The molecule has 0 aliphatic rings. The molecule has 0 atom stereocenters. The van der Waals surface area contributed by atoms with E-state index in [1.165, 1.54) is 0 Å². The summed E-state index contributed by atoms with van der Waals surface area (Å²) in [6, 6.07) is 22.3. The van der Waals surface area contributed by atoms with Gasteiger partial charge in [0.1, 0.15) is 0 Å². The number of carbonyl (C=O) groups is 3. The van der Waals surface area contributed by atoms with Gasteiger partial charge in [0, 0.05) is 42.2 Å². The summed E-state index contributed by atoms with van der Waals surface area (Å²) >= 11 is 0. The maximum absolute atomic E-state index is 12.3.